The van der Waals surface area contributed by atoms with Gasteiger partial charge in [-0.1, -0.05) is 29.3 Å². The molecule has 1 fully saturated rings. The van der Waals surface area contributed by atoms with Crippen LogP contribution in [0.3, 0.4) is 0 Å². The Morgan fingerprint density at radius 2 is 2.14 bits per heavy atom. The van der Waals surface area contributed by atoms with E-state index < -0.39 is 0 Å². The third-order valence-corrected chi connectivity index (χ3v) is 4.70. The van der Waals surface area contributed by atoms with E-state index in [1.165, 1.54) is 0 Å². The molecule has 116 valence electrons. The summed E-state index contributed by atoms with van der Waals surface area (Å²) in [5, 5.41) is 1.16. The average molecular weight is 338 g/mol. The van der Waals surface area contributed by atoms with Crippen molar-refractivity contribution in [3.63, 3.8) is 0 Å². The maximum Gasteiger partial charge on any atom is 0.251 e. The topological polar surface area (TPSA) is 49.0 Å². The van der Waals surface area contributed by atoms with Gasteiger partial charge in [-0.05, 0) is 37.6 Å². The highest BCUT2D eigenvalue weighted by Crippen LogP contribution is 2.28. The lowest BCUT2D eigenvalue weighted by atomic mass is 10.0. The van der Waals surface area contributed by atoms with Crippen molar-refractivity contribution in [1.29, 1.82) is 0 Å². The Morgan fingerprint density at radius 3 is 2.86 bits per heavy atom. The maximum atomic E-state index is 11.6. The summed E-state index contributed by atoms with van der Waals surface area (Å²) in [6, 6.07) is 7.35. The Bertz CT molecular complexity index is 744. The number of H-pyrrole nitrogens is 1. The Balaban J connectivity index is 1.69. The number of hydrogen-bond acceptors (Lipinski definition) is 3. The molecule has 0 unspecified atom stereocenters. The fourth-order valence-electron chi connectivity index (χ4n) is 2.93. The van der Waals surface area contributed by atoms with Gasteiger partial charge in [-0.2, -0.15) is 0 Å². The SMILES string of the molecule is Cc1nc([C@@H]2CCN(Cc3ccc(Cl)c(Cl)c3)C2)cc(=O)[nH]1. The first-order valence-corrected chi connectivity index (χ1v) is 8.01. The van der Waals surface area contributed by atoms with Crippen LogP contribution >= 0.6 is 23.2 Å². The molecular formula is C16H17Cl2N3O. The fourth-order valence-corrected chi connectivity index (χ4v) is 3.25. The first-order chi connectivity index (χ1) is 10.5. The molecule has 2 heterocycles. The smallest absolute Gasteiger partial charge is 0.251 e. The lowest BCUT2D eigenvalue weighted by Crippen LogP contribution is -2.20. The number of aromatic nitrogens is 2. The minimum Gasteiger partial charge on any atom is -0.311 e. The van der Waals surface area contributed by atoms with Crippen molar-refractivity contribution in [2.75, 3.05) is 13.1 Å². The monoisotopic (exact) mass is 337 g/mol. The molecule has 6 heteroatoms. The van der Waals surface area contributed by atoms with Crippen molar-refractivity contribution >= 4 is 23.2 Å². The molecule has 0 aliphatic carbocycles. The molecule has 4 nitrogen and oxygen atoms in total. The number of halogens is 2. The first kappa shape index (κ1) is 15.5. The second kappa shape index (κ2) is 6.41. The van der Waals surface area contributed by atoms with Crippen molar-refractivity contribution in [3.05, 3.63) is 61.7 Å². The molecular weight excluding hydrogens is 321 g/mol. The van der Waals surface area contributed by atoms with E-state index in [-0.39, 0.29) is 5.56 Å². The number of likely N-dealkylation sites (tertiary alicyclic amines) is 1. The third-order valence-electron chi connectivity index (χ3n) is 3.96. The molecule has 1 aromatic carbocycles. The zero-order valence-electron chi connectivity index (χ0n) is 12.3. The summed E-state index contributed by atoms with van der Waals surface area (Å²) in [6.45, 7) is 4.53. The van der Waals surface area contributed by atoms with Gasteiger partial charge in [0.05, 0.1) is 15.7 Å². The summed E-state index contributed by atoms with van der Waals surface area (Å²) in [6.07, 6.45) is 1.01. The van der Waals surface area contributed by atoms with Crippen molar-refractivity contribution in [2.24, 2.45) is 0 Å². The Labute approximate surface area is 139 Å². The van der Waals surface area contributed by atoms with Crippen LogP contribution in [0, 0.1) is 6.92 Å². The minimum atomic E-state index is -0.0783. The lowest BCUT2D eigenvalue weighted by Gasteiger charge is -2.16. The number of nitrogens with one attached hydrogen (secondary N) is 1. The van der Waals surface area contributed by atoms with E-state index in [0.717, 1.165) is 37.3 Å². The van der Waals surface area contributed by atoms with E-state index in [1.807, 2.05) is 25.1 Å². The van der Waals surface area contributed by atoms with Gasteiger partial charge in [0.2, 0.25) is 0 Å². The highest BCUT2D eigenvalue weighted by molar-refractivity contribution is 6.42. The summed E-state index contributed by atoms with van der Waals surface area (Å²) in [5.74, 6) is 0.981. The molecule has 1 aliphatic heterocycles. The van der Waals surface area contributed by atoms with Gasteiger partial charge in [0.1, 0.15) is 5.82 Å². The van der Waals surface area contributed by atoms with Crippen LogP contribution in [0.15, 0.2) is 29.1 Å². The standard InChI is InChI=1S/C16H17Cl2N3O/c1-10-19-15(7-16(22)20-10)12-4-5-21(9-12)8-11-2-3-13(17)14(18)6-11/h2-3,6-7,12H,4-5,8-9H2,1H3,(H,19,20,22)/t12-/m1/s1. The van der Waals surface area contributed by atoms with Crippen LogP contribution in [0.5, 0.6) is 0 Å². The Hall–Kier alpha value is -1.36. The van der Waals surface area contributed by atoms with Crippen LogP contribution in [0.4, 0.5) is 0 Å². The first-order valence-electron chi connectivity index (χ1n) is 7.25. The number of aryl methyl sites for hydroxylation is 1. The Morgan fingerprint density at radius 1 is 1.32 bits per heavy atom. The summed E-state index contributed by atoms with van der Waals surface area (Å²) in [5.41, 5.74) is 1.95. The zero-order valence-corrected chi connectivity index (χ0v) is 13.8. The second-order valence-electron chi connectivity index (χ2n) is 5.72. The lowest BCUT2D eigenvalue weighted by molar-refractivity contribution is 0.326. The highest BCUT2D eigenvalue weighted by atomic mass is 35.5. The van der Waals surface area contributed by atoms with E-state index in [9.17, 15) is 4.79 Å². The summed E-state index contributed by atoms with van der Waals surface area (Å²) in [7, 11) is 0. The molecule has 1 saturated heterocycles. The second-order valence-corrected chi connectivity index (χ2v) is 6.54. The zero-order chi connectivity index (χ0) is 15.7. The third kappa shape index (κ3) is 3.51. The summed E-state index contributed by atoms with van der Waals surface area (Å²) in [4.78, 5) is 21.1. The number of hydrogen-bond donors (Lipinski definition) is 1. The molecule has 0 bridgehead atoms. The molecule has 1 N–H and O–H groups in total. The molecule has 0 radical (unpaired) electrons. The summed E-state index contributed by atoms with van der Waals surface area (Å²) < 4.78 is 0. The summed E-state index contributed by atoms with van der Waals surface area (Å²) >= 11 is 12.0. The van der Waals surface area contributed by atoms with Crippen LogP contribution < -0.4 is 5.56 Å². The quantitative estimate of drug-likeness (QED) is 0.933. The van der Waals surface area contributed by atoms with Gasteiger partial charge in [0.15, 0.2) is 0 Å². The Kier molecular flexibility index (Phi) is 4.52. The van der Waals surface area contributed by atoms with Crippen molar-refractivity contribution in [1.82, 2.24) is 14.9 Å². The van der Waals surface area contributed by atoms with E-state index in [0.29, 0.717) is 21.8 Å². The average Bonchev–Trinajstić information content (AvgIpc) is 2.90. The van der Waals surface area contributed by atoms with E-state index in [2.05, 4.69) is 14.9 Å². The number of nitrogens with zero attached hydrogens (tertiary/aromatic N) is 2. The van der Waals surface area contributed by atoms with Crippen LogP contribution in [0.1, 0.15) is 29.4 Å². The normalized spacial score (nSPS) is 18.8. The van der Waals surface area contributed by atoms with E-state index >= 15 is 0 Å². The number of benzene rings is 1. The van der Waals surface area contributed by atoms with Crippen LogP contribution in [0.25, 0.3) is 0 Å². The predicted molar refractivity (Wildman–Crippen MR) is 88.7 cm³/mol. The van der Waals surface area contributed by atoms with E-state index in [1.54, 1.807) is 6.07 Å². The van der Waals surface area contributed by atoms with Crippen LogP contribution in [-0.4, -0.2) is 28.0 Å². The molecule has 0 spiro atoms. The van der Waals surface area contributed by atoms with Crippen molar-refractivity contribution in [2.45, 2.75) is 25.8 Å². The molecule has 22 heavy (non-hydrogen) atoms. The number of rotatable bonds is 3. The van der Waals surface area contributed by atoms with Crippen molar-refractivity contribution in [3.8, 4) is 0 Å². The predicted octanol–water partition coefficient (Wildman–Crippen LogP) is 3.37. The van der Waals surface area contributed by atoms with Crippen molar-refractivity contribution < 1.29 is 0 Å². The largest absolute Gasteiger partial charge is 0.311 e. The van der Waals surface area contributed by atoms with Gasteiger partial charge in [-0.15, -0.1) is 0 Å². The van der Waals surface area contributed by atoms with Gasteiger partial charge in [0, 0.05) is 25.1 Å². The van der Waals surface area contributed by atoms with Gasteiger partial charge in [-0.25, -0.2) is 4.98 Å². The molecule has 3 rings (SSSR count). The van der Waals surface area contributed by atoms with Gasteiger partial charge >= 0.3 is 0 Å². The highest BCUT2D eigenvalue weighted by Gasteiger charge is 2.25. The minimum absolute atomic E-state index is 0.0783. The maximum absolute atomic E-state index is 11.6. The molecule has 1 aromatic heterocycles. The fraction of sp³-hybridized carbons (Fsp3) is 0.375. The molecule has 1 aliphatic rings. The van der Waals surface area contributed by atoms with Crippen LogP contribution in [-0.2, 0) is 6.54 Å². The van der Waals surface area contributed by atoms with Gasteiger partial charge in [-0.3, -0.25) is 9.69 Å². The number of aromatic amines is 1. The molecule has 0 amide bonds. The van der Waals surface area contributed by atoms with Gasteiger partial charge < -0.3 is 4.98 Å². The van der Waals surface area contributed by atoms with Crippen LogP contribution in [0.2, 0.25) is 10.0 Å². The molecule has 2 aromatic rings. The van der Waals surface area contributed by atoms with E-state index in [4.69, 9.17) is 23.2 Å². The van der Waals surface area contributed by atoms with Gasteiger partial charge in [0.25, 0.3) is 5.56 Å². The molecule has 0 saturated carbocycles. The molecule has 1 atom stereocenters.